The Morgan fingerprint density at radius 1 is 1.54 bits per heavy atom. The van der Waals surface area contributed by atoms with Crippen molar-refractivity contribution in [1.29, 1.82) is 0 Å². The highest BCUT2D eigenvalue weighted by Crippen LogP contribution is 2.24. The molecule has 0 saturated carbocycles. The second-order valence-electron chi connectivity index (χ2n) is 5.68. The van der Waals surface area contributed by atoms with Gasteiger partial charge >= 0.3 is 0 Å². The molecule has 0 saturated heterocycles. The van der Waals surface area contributed by atoms with Crippen LogP contribution in [0.15, 0.2) is 12.4 Å². The zero-order valence-corrected chi connectivity index (χ0v) is 14.8. The molecular formula is C15H18ClN5O2S. The molecule has 2 aromatic heterocycles. The monoisotopic (exact) mass is 367 g/mol. The molecule has 7 nitrogen and oxygen atoms in total. The van der Waals surface area contributed by atoms with Gasteiger partial charge in [0.25, 0.3) is 5.91 Å². The van der Waals surface area contributed by atoms with Crippen molar-refractivity contribution in [3.05, 3.63) is 38.8 Å². The molecule has 24 heavy (non-hydrogen) atoms. The lowest BCUT2D eigenvalue weighted by molar-refractivity contribution is 0.0839. The van der Waals surface area contributed by atoms with Gasteiger partial charge in [0.05, 0.1) is 16.8 Å². The van der Waals surface area contributed by atoms with Gasteiger partial charge in [0.1, 0.15) is 17.2 Å². The minimum atomic E-state index is -0.651. The molecule has 9 heteroatoms. The number of aryl methyl sites for hydroxylation is 1. The van der Waals surface area contributed by atoms with E-state index in [0.717, 1.165) is 24.5 Å². The maximum Gasteiger partial charge on any atom is 0.270 e. The lowest BCUT2D eigenvalue weighted by Crippen LogP contribution is -2.42. The Morgan fingerprint density at radius 2 is 2.38 bits per heavy atom. The summed E-state index contributed by atoms with van der Waals surface area (Å²) < 4.78 is 0. The number of aromatic nitrogens is 3. The number of hydrogen-bond donors (Lipinski definition) is 2. The second-order valence-corrected chi connectivity index (χ2v) is 7.35. The topological polar surface area (TPSA) is 91.2 Å². The van der Waals surface area contributed by atoms with Gasteiger partial charge in [-0.15, -0.1) is 11.3 Å². The second kappa shape index (κ2) is 7.52. The fourth-order valence-corrected chi connectivity index (χ4v) is 3.83. The molecule has 0 bridgehead atoms. The van der Waals surface area contributed by atoms with Crippen LogP contribution in [-0.2, 0) is 13.0 Å². The highest BCUT2D eigenvalue weighted by Gasteiger charge is 2.22. The molecule has 1 amide bonds. The zero-order valence-electron chi connectivity index (χ0n) is 13.2. The lowest BCUT2D eigenvalue weighted by atomic mass is 10.1. The van der Waals surface area contributed by atoms with Crippen LogP contribution < -0.4 is 5.32 Å². The Kier molecular flexibility index (Phi) is 5.40. The molecule has 0 radical (unpaired) electrons. The van der Waals surface area contributed by atoms with E-state index in [-0.39, 0.29) is 23.3 Å². The summed E-state index contributed by atoms with van der Waals surface area (Å²) in [6.07, 6.45) is 1.48. The van der Waals surface area contributed by atoms with Crippen molar-refractivity contribution >= 4 is 28.8 Å². The van der Waals surface area contributed by atoms with E-state index in [1.54, 1.807) is 11.3 Å². The fraction of sp³-hybridized carbons (Fsp3) is 0.467. The van der Waals surface area contributed by atoms with Crippen LogP contribution in [-0.4, -0.2) is 56.6 Å². The molecule has 3 heterocycles. The number of fused-ring (bicyclic) bond motifs is 1. The van der Waals surface area contributed by atoms with E-state index in [0.29, 0.717) is 6.54 Å². The van der Waals surface area contributed by atoms with Gasteiger partial charge < -0.3 is 10.4 Å². The van der Waals surface area contributed by atoms with Crippen molar-refractivity contribution in [3.63, 3.8) is 0 Å². The maximum absolute atomic E-state index is 12.0. The molecule has 128 valence electrons. The molecule has 1 aliphatic rings. The first-order valence-electron chi connectivity index (χ1n) is 7.62. The van der Waals surface area contributed by atoms with Crippen LogP contribution in [0, 0.1) is 6.92 Å². The number of amides is 1. The molecule has 1 unspecified atom stereocenters. The van der Waals surface area contributed by atoms with E-state index < -0.39 is 6.10 Å². The van der Waals surface area contributed by atoms with E-state index in [1.807, 2.05) is 6.92 Å². The van der Waals surface area contributed by atoms with Gasteiger partial charge in [-0.25, -0.2) is 15.0 Å². The number of thiazole rings is 1. The number of aliphatic hydroxyl groups is 1. The first kappa shape index (κ1) is 17.2. The van der Waals surface area contributed by atoms with Crippen molar-refractivity contribution in [2.45, 2.75) is 26.0 Å². The van der Waals surface area contributed by atoms with Gasteiger partial charge in [0, 0.05) is 43.5 Å². The molecule has 0 aromatic carbocycles. The van der Waals surface area contributed by atoms with E-state index in [9.17, 15) is 9.90 Å². The van der Waals surface area contributed by atoms with E-state index in [4.69, 9.17) is 11.6 Å². The summed E-state index contributed by atoms with van der Waals surface area (Å²) in [5.74, 6) is -0.377. The normalized spacial score (nSPS) is 15.8. The number of carbonyl (C=O) groups excluding carboxylic acids is 1. The summed E-state index contributed by atoms with van der Waals surface area (Å²) in [6.45, 7) is 4.33. The predicted molar refractivity (Wildman–Crippen MR) is 91.2 cm³/mol. The van der Waals surface area contributed by atoms with Gasteiger partial charge in [-0.2, -0.15) is 0 Å². The molecule has 0 spiro atoms. The Hall–Kier alpha value is -1.61. The van der Waals surface area contributed by atoms with Crippen molar-refractivity contribution in [1.82, 2.24) is 25.2 Å². The van der Waals surface area contributed by atoms with Crippen LogP contribution in [0.5, 0.6) is 0 Å². The maximum atomic E-state index is 12.0. The van der Waals surface area contributed by atoms with E-state index in [2.05, 4.69) is 25.2 Å². The molecule has 1 aliphatic heterocycles. The van der Waals surface area contributed by atoms with Crippen LogP contribution in [0.25, 0.3) is 0 Å². The Bertz CT molecular complexity index is 738. The third kappa shape index (κ3) is 4.27. The third-order valence-electron chi connectivity index (χ3n) is 3.75. The first-order chi connectivity index (χ1) is 11.5. The molecule has 3 rings (SSSR count). The van der Waals surface area contributed by atoms with E-state index in [1.165, 1.54) is 23.0 Å². The zero-order chi connectivity index (χ0) is 17.1. The number of hydrogen-bond acceptors (Lipinski definition) is 7. The van der Waals surface area contributed by atoms with Crippen LogP contribution in [0.3, 0.4) is 0 Å². The van der Waals surface area contributed by atoms with Gasteiger partial charge in [0.2, 0.25) is 0 Å². The quantitative estimate of drug-likeness (QED) is 0.767. The SMILES string of the molecule is Cc1nc2c(s1)CN(CC(O)CNC(=O)c1cc(Cl)ncn1)CC2. The van der Waals surface area contributed by atoms with Crippen LogP contribution in [0.1, 0.15) is 26.1 Å². The summed E-state index contributed by atoms with van der Waals surface area (Å²) in [5, 5.41) is 14.1. The highest BCUT2D eigenvalue weighted by molar-refractivity contribution is 7.11. The smallest absolute Gasteiger partial charge is 0.270 e. The molecule has 0 fully saturated rings. The standard InChI is InChI=1S/C15H18ClN5O2S/c1-9-20-11-2-3-21(7-13(11)24-9)6-10(22)5-17-15(23)12-4-14(16)19-8-18-12/h4,8,10,22H,2-3,5-7H2,1H3,(H,17,23). The van der Waals surface area contributed by atoms with E-state index >= 15 is 0 Å². The Balaban J connectivity index is 1.48. The summed E-state index contributed by atoms with van der Waals surface area (Å²) >= 11 is 7.44. The number of aliphatic hydroxyl groups excluding tert-OH is 1. The number of β-amino-alcohol motifs (C(OH)–C–C–N with tert-alkyl or cyclic N) is 1. The van der Waals surface area contributed by atoms with Gasteiger partial charge in [-0.1, -0.05) is 11.6 Å². The molecule has 2 aromatic rings. The summed E-state index contributed by atoms with van der Waals surface area (Å²) in [7, 11) is 0. The van der Waals surface area contributed by atoms with Crippen molar-refractivity contribution in [2.75, 3.05) is 19.6 Å². The molecular weight excluding hydrogens is 350 g/mol. The summed E-state index contributed by atoms with van der Waals surface area (Å²) in [4.78, 5) is 27.5. The number of nitrogens with one attached hydrogen (secondary N) is 1. The average Bonchev–Trinajstić information content (AvgIpc) is 2.92. The molecule has 2 N–H and O–H groups in total. The third-order valence-corrected chi connectivity index (χ3v) is 4.96. The van der Waals surface area contributed by atoms with Crippen LogP contribution in [0.4, 0.5) is 0 Å². The summed E-state index contributed by atoms with van der Waals surface area (Å²) in [6, 6.07) is 1.39. The predicted octanol–water partition coefficient (Wildman–Crippen LogP) is 1.04. The largest absolute Gasteiger partial charge is 0.390 e. The lowest BCUT2D eigenvalue weighted by Gasteiger charge is -2.28. The average molecular weight is 368 g/mol. The van der Waals surface area contributed by atoms with Crippen molar-refractivity contribution < 1.29 is 9.90 Å². The van der Waals surface area contributed by atoms with Crippen LogP contribution >= 0.6 is 22.9 Å². The number of carbonyl (C=O) groups is 1. The van der Waals surface area contributed by atoms with Gasteiger partial charge in [-0.3, -0.25) is 9.69 Å². The number of rotatable bonds is 5. The van der Waals surface area contributed by atoms with Crippen molar-refractivity contribution in [2.24, 2.45) is 0 Å². The fourth-order valence-electron chi connectivity index (χ4n) is 2.65. The number of halogens is 1. The summed E-state index contributed by atoms with van der Waals surface area (Å²) in [5.41, 5.74) is 1.36. The minimum Gasteiger partial charge on any atom is -0.390 e. The highest BCUT2D eigenvalue weighted by atomic mass is 35.5. The Labute approximate surface area is 148 Å². The minimum absolute atomic E-state index is 0.158. The van der Waals surface area contributed by atoms with Crippen molar-refractivity contribution in [3.8, 4) is 0 Å². The van der Waals surface area contributed by atoms with Gasteiger partial charge in [-0.05, 0) is 6.92 Å². The van der Waals surface area contributed by atoms with Crippen LogP contribution in [0.2, 0.25) is 5.15 Å². The van der Waals surface area contributed by atoms with Gasteiger partial charge in [0.15, 0.2) is 0 Å². The molecule has 0 aliphatic carbocycles. The Morgan fingerprint density at radius 3 is 3.17 bits per heavy atom. The number of nitrogens with zero attached hydrogens (tertiary/aromatic N) is 4. The first-order valence-corrected chi connectivity index (χ1v) is 8.82. The molecule has 1 atom stereocenters.